The van der Waals surface area contributed by atoms with E-state index < -0.39 is 18.6 Å². The Morgan fingerprint density at radius 1 is 1.24 bits per heavy atom. The summed E-state index contributed by atoms with van der Waals surface area (Å²) in [6.45, 7) is -0.707. The van der Waals surface area contributed by atoms with E-state index in [1.807, 2.05) is 6.92 Å². The standard InChI is InChI=1S/C15H20O2/c1-3-4-6-11-14(12(2)16)15(17)13-9-7-5-8-10-13/h5,7-10,14H,3-4,6,11H2,1-2H3/i2D3. The summed E-state index contributed by atoms with van der Waals surface area (Å²) in [4.78, 5) is 24.3. The van der Waals surface area contributed by atoms with E-state index in [-0.39, 0.29) is 5.78 Å². The van der Waals surface area contributed by atoms with Crippen LogP contribution in [0.25, 0.3) is 0 Å². The summed E-state index contributed by atoms with van der Waals surface area (Å²) in [5.41, 5.74) is 0.395. The molecule has 17 heavy (non-hydrogen) atoms. The normalized spacial score (nSPS) is 15.5. The molecule has 1 rings (SSSR count). The fraction of sp³-hybridized carbons (Fsp3) is 0.467. The van der Waals surface area contributed by atoms with Gasteiger partial charge in [0.05, 0.1) is 5.92 Å². The number of hydrogen-bond donors (Lipinski definition) is 0. The molecule has 0 fully saturated rings. The van der Waals surface area contributed by atoms with E-state index >= 15 is 0 Å². The van der Waals surface area contributed by atoms with Gasteiger partial charge in [0.25, 0.3) is 0 Å². The lowest BCUT2D eigenvalue weighted by molar-refractivity contribution is -0.119. The van der Waals surface area contributed by atoms with E-state index in [1.165, 1.54) is 0 Å². The van der Waals surface area contributed by atoms with Gasteiger partial charge in [0.15, 0.2) is 5.78 Å². The maximum atomic E-state index is 12.4. The van der Waals surface area contributed by atoms with Crippen LogP contribution in [-0.4, -0.2) is 11.6 Å². The quantitative estimate of drug-likeness (QED) is 0.410. The Morgan fingerprint density at radius 2 is 1.94 bits per heavy atom. The lowest BCUT2D eigenvalue weighted by atomic mass is 9.89. The third-order valence-electron chi connectivity index (χ3n) is 2.79. The van der Waals surface area contributed by atoms with E-state index in [0.29, 0.717) is 18.4 Å². The van der Waals surface area contributed by atoms with Crippen LogP contribution in [0.3, 0.4) is 0 Å². The van der Waals surface area contributed by atoms with E-state index in [0.717, 1.165) is 12.8 Å². The largest absolute Gasteiger partial charge is 0.299 e. The number of carbonyl (C=O) groups is 2. The molecule has 0 N–H and O–H groups in total. The molecule has 92 valence electrons. The van der Waals surface area contributed by atoms with Crippen LogP contribution in [0.5, 0.6) is 0 Å². The van der Waals surface area contributed by atoms with Gasteiger partial charge in [-0.15, -0.1) is 0 Å². The second-order valence-corrected chi connectivity index (χ2v) is 4.14. The van der Waals surface area contributed by atoms with Gasteiger partial charge in [-0.2, -0.15) is 0 Å². The second-order valence-electron chi connectivity index (χ2n) is 4.14. The first-order valence-electron chi connectivity index (χ1n) is 7.51. The molecule has 0 saturated carbocycles. The molecule has 0 heterocycles. The van der Waals surface area contributed by atoms with Gasteiger partial charge >= 0.3 is 0 Å². The van der Waals surface area contributed by atoms with Crippen molar-refractivity contribution in [3.05, 3.63) is 35.9 Å². The zero-order chi connectivity index (χ0) is 15.2. The molecule has 0 amide bonds. The zero-order valence-electron chi connectivity index (χ0n) is 13.1. The highest BCUT2D eigenvalue weighted by Crippen LogP contribution is 2.17. The van der Waals surface area contributed by atoms with Crippen molar-refractivity contribution in [1.29, 1.82) is 0 Å². The lowest BCUT2D eigenvalue weighted by Gasteiger charge is -2.12. The molecule has 0 saturated heterocycles. The highest BCUT2D eigenvalue weighted by molar-refractivity contribution is 6.09. The van der Waals surface area contributed by atoms with Gasteiger partial charge in [-0.1, -0.05) is 56.5 Å². The van der Waals surface area contributed by atoms with E-state index in [9.17, 15) is 9.59 Å². The van der Waals surface area contributed by atoms with Gasteiger partial charge in [0, 0.05) is 9.68 Å². The van der Waals surface area contributed by atoms with Gasteiger partial charge in [-0.05, 0) is 13.3 Å². The Morgan fingerprint density at radius 3 is 2.53 bits per heavy atom. The highest BCUT2D eigenvalue weighted by atomic mass is 16.1. The molecule has 2 nitrogen and oxygen atoms in total. The van der Waals surface area contributed by atoms with Crippen molar-refractivity contribution >= 4 is 11.6 Å². The van der Waals surface area contributed by atoms with Crippen molar-refractivity contribution in [2.24, 2.45) is 5.92 Å². The van der Waals surface area contributed by atoms with Gasteiger partial charge in [0.2, 0.25) is 0 Å². The van der Waals surface area contributed by atoms with Gasteiger partial charge in [-0.3, -0.25) is 9.59 Å². The van der Waals surface area contributed by atoms with Crippen molar-refractivity contribution in [3.8, 4) is 0 Å². The average Bonchev–Trinajstić information content (AvgIpc) is 2.42. The molecule has 1 unspecified atom stereocenters. The Labute approximate surface area is 107 Å². The Hall–Kier alpha value is -1.44. The van der Waals surface area contributed by atoms with Crippen molar-refractivity contribution in [2.75, 3.05) is 0 Å². The van der Waals surface area contributed by atoms with Crippen LogP contribution < -0.4 is 0 Å². The number of hydrogen-bond acceptors (Lipinski definition) is 2. The molecule has 1 aromatic rings. The third-order valence-corrected chi connectivity index (χ3v) is 2.79. The predicted octanol–water partition coefficient (Wildman–Crippen LogP) is 3.65. The van der Waals surface area contributed by atoms with Crippen molar-refractivity contribution in [1.82, 2.24) is 0 Å². The smallest absolute Gasteiger partial charge is 0.173 e. The summed E-state index contributed by atoms with van der Waals surface area (Å²) in [6.07, 6.45) is 2.82. The maximum absolute atomic E-state index is 12.4. The molecular formula is C15H20O2. The fourth-order valence-corrected chi connectivity index (χ4v) is 1.78. The van der Waals surface area contributed by atoms with E-state index in [2.05, 4.69) is 0 Å². The van der Waals surface area contributed by atoms with Crippen molar-refractivity contribution in [3.63, 3.8) is 0 Å². The molecule has 1 aromatic carbocycles. The number of ketones is 2. The summed E-state index contributed by atoms with van der Waals surface area (Å²) < 4.78 is 21.7. The molecule has 0 aromatic heterocycles. The number of carbonyl (C=O) groups excluding carboxylic acids is 2. The molecule has 0 bridgehead atoms. The van der Waals surface area contributed by atoms with Crippen LogP contribution >= 0.6 is 0 Å². The first kappa shape index (κ1) is 9.58. The Kier molecular flexibility index (Phi) is 3.94. The van der Waals surface area contributed by atoms with E-state index in [1.54, 1.807) is 30.3 Å². The van der Waals surface area contributed by atoms with Crippen molar-refractivity contribution in [2.45, 2.75) is 39.5 Å². The fourth-order valence-electron chi connectivity index (χ4n) is 1.78. The molecule has 0 radical (unpaired) electrons. The molecule has 0 spiro atoms. The maximum Gasteiger partial charge on any atom is 0.173 e. The van der Waals surface area contributed by atoms with Crippen molar-refractivity contribution < 1.29 is 13.7 Å². The number of benzene rings is 1. The highest BCUT2D eigenvalue weighted by Gasteiger charge is 2.23. The zero-order valence-corrected chi connectivity index (χ0v) is 10.1. The molecule has 0 aliphatic carbocycles. The number of Topliss-reactive ketones (excluding diaryl/α,β-unsaturated/α-hetero) is 2. The average molecular weight is 235 g/mol. The minimum Gasteiger partial charge on any atom is -0.299 e. The summed E-state index contributed by atoms with van der Waals surface area (Å²) in [7, 11) is 0. The van der Waals surface area contributed by atoms with Crippen LogP contribution in [-0.2, 0) is 4.79 Å². The minimum absolute atomic E-state index is 0.304. The molecule has 1 atom stereocenters. The SMILES string of the molecule is [2H]C([2H])([2H])C(=O)C(CCCCC)C(=O)c1ccccc1. The second kappa shape index (κ2) is 7.00. The van der Waals surface area contributed by atoms with Gasteiger partial charge < -0.3 is 0 Å². The summed E-state index contributed by atoms with van der Waals surface area (Å²) in [5, 5.41) is 0. The van der Waals surface area contributed by atoms with Crippen LogP contribution in [0.2, 0.25) is 0 Å². The van der Waals surface area contributed by atoms with Gasteiger partial charge in [-0.25, -0.2) is 0 Å². The summed E-state index contributed by atoms with van der Waals surface area (Å²) in [6, 6.07) is 8.41. The van der Waals surface area contributed by atoms with E-state index in [4.69, 9.17) is 4.11 Å². The Bertz CT molecular complexity index is 452. The summed E-state index contributed by atoms with van der Waals surface area (Å²) >= 11 is 0. The molecule has 2 heteroatoms. The predicted molar refractivity (Wildman–Crippen MR) is 69.1 cm³/mol. The monoisotopic (exact) mass is 235 g/mol. The van der Waals surface area contributed by atoms with Crippen LogP contribution in [0.4, 0.5) is 0 Å². The molecule has 0 aliphatic rings. The van der Waals surface area contributed by atoms with Crippen LogP contribution in [0.15, 0.2) is 30.3 Å². The number of rotatable bonds is 7. The minimum atomic E-state index is -2.72. The topological polar surface area (TPSA) is 34.1 Å². The number of unbranched alkanes of at least 4 members (excludes halogenated alkanes) is 2. The van der Waals surface area contributed by atoms with Crippen LogP contribution in [0, 0.1) is 5.92 Å². The first-order chi connectivity index (χ1) is 9.38. The third kappa shape index (κ3) is 4.14. The Balaban J connectivity index is 2.92. The lowest BCUT2D eigenvalue weighted by Crippen LogP contribution is -2.22. The summed E-state index contributed by atoms with van der Waals surface area (Å²) in [5.74, 6) is -2.39. The van der Waals surface area contributed by atoms with Crippen LogP contribution in [0.1, 0.15) is 53.9 Å². The first-order valence-corrected chi connectivity index (χ1v) is 6.01. The van der Waals surface area contributed by atoms with Gasteiger partial charge in [0.1, 0.15) is 5.78 Å². The molecule has 0 aliphatic heterocycles. The molecular weight excluding hydrogens is 212 g/mol.